The monoisotopic (exact) mass is 345 g/mol. The van der Waals surface area contributed by atoms with Crippen LogP contribution in [0.25, 0.3) is 11.1 Å². The molecule has 3 heteroatoms. The summed E-state index contributed by atoms with van der Waals surface area (Å²) in [6.45, 7) is 5.92. The summed E-state index contributed by atoms with van der Waals surface area (Å²) in [5, 5.41) is 2.95. The molecule has 0 aliphatic carbocycles. The second-order valence-electron chi connectivity index (χ2n) is 6.90. The smallest absolute Gasteiger partial charge is 0.410 e. The first-order valence-corrected chi connectivity index (χ1v) is 8.67. The second kappa shape index (κ2) is 7.44. The number of ether oxygens (including phenoxy) is 1. The molecule has 0 aliphatic heterocycles. The molecule has 0 aromatic heterocycles. The molecular formula is C23H23NO2. The van der Waals surface area contributed by atoms with E-state index in [1.165, 1.54) is 0 Å². The highest BCUT2D eigenvalue weighted by atomic mass is 16.6. The number of hydrogen-bond donors (Lipinski definition) is 1. The quantitative estimate of drug-likeness (QED) is 0.660. The molecule has 0 heterocycles. The van der Waals surface area contributed by atoms with Gasteiger partial charge in [-0.05, 0) is 55.7 Å². The van der Waals surface area contributed by atoms with Crippen LogP contribution in [0.3, 0.4) is 0 Å². The summed E-state index contributed by atoms with van der Waals surface area (Å²) < 4.78 is 5.39. The predicted octanol–water partition coefficient (Wildman–Crippen LogP) is 5.69. The van der Waals surface area contributed by atoms with Gasteiger partial charge in [-0.25, -0.2) is 4.79 Å². The van der Waals surface area contributed by atoms with Crippen molar-refractivity contribution in [3.63, 3.8) is 0 Å². The minimum atomic E-state index is -0.563. The van der Waals surface area contributed by atoms with E-state index in [0.29, 0.717) is 5.75 Å². The van der Waals surface area contributed by atoms with Crippen molar-refractivity contribution in [2.75, 3.05) is 0 Å². The van der Waals surface area contributed by atoms with Crippen LogP contribution in [0.2, 0.25) is 0 Å². The second-order valence-corrected chi connectivity index (χ2v) is 6.90. The summed E-state index contributed by atoms with van der Waals surface area (Å²) >= 11 is 0. The molecule has 0 unspecified atom stereocenters. The molecular weight excluding hydrogens is 322 g/mol. The average Bonchev–Trinajstić information content (AvgIpc) is 2.64. The van der Waals surface area contributed by atoms with Gasteiger partial charge in [-0.3, -0.25) is 0 Å². The largest absolute Gasteiger partial charge is 0.413 e. The zero-order chi connectivity index (χ0) is 18.6. The average molecular weight is 345 g/mol. The number of aryl methyl sites for hydroxylation is 1. The zero-order valence-electron chi connectivity index (χ0n) is 15.3. The zero-order valence-corrected chi connectivity index (χ0v) is 15.3. The Morgan fingerprint density at radius 2 is 1.50 bits per heavy atom. The van der Waals surface area contributed by atoms with Crippen molar-refractivity contribution < 1.29 is 9.53 Å². The van der Waals surface area contributed by atoms with E-state index in [9.17, 15) is 4.79 Å². The SMILES string of the molecule is Cc1ccc(OC(=O)NC(C)(C)c2cccc(-c3ccccc3)c2)cc1. The molecule has 1 amide bonds. The van der Waals surface area contributed by atoms with Crippen molar-refractivity contribution in [1.82, 2.24) is 5.32 Å². The molecule has 132 valence electrons. The van der Waals surface area contributed by atoms with Gasteiger partial charge in [0.2, 0.25) is 0 Å². The Hall–Kier alpha value is -3.07. The summed E-state index contributed by atoms with van der Waals surface area (Å²) in [6.07, 6.45) is -0.469. The number of rotatable bonds is 4. The molecule has 0 radical (unpaired) electrons. The molecule has 0 fully saturated rings. The van der Waals surface area contributed by atoms with E-state index in [1.54, 1.807) is 12.1 Å². The Balaban J connectivity index is 1.75. The van der Waals surface area contributed by atoms with Gasteiger partial charge in [-0.1, -0.05) is 66.2 Å². The van der Waals surface area contributed by atoms with Crippen LogP contribution >= 0.6 is 0 Å². The number of nitrogens with one attached hydrogen (secondary N) is 1. The number of carbonyl (C=O) groups is 1. The summed E-state index contributed by atoms with van der Waals surface area (Å²) in [4.78, 5) is 12.3. The minimum absolute atomic E-state index is 0.469. The summed E-state index contributed by atoms with van der Waals surface area (Å²) in [6, 6.07) is 25.8. The molecule has 0 spiro atoms. The highest BCUT2D eigenvalue weighted by molar-refractivity contribution is 5.72. The fourth-order valence-corrected chi connectivity index (χ4v) is 2.78. The Morgan fingerprint density at radius 1 is 0.846 bits per heavy atom. The molecule has 3 aromatic rings. The number of carbonyl (C=O) groups excluding carboxylic acids is 1. The maximum absolute atomic E-state index is 12.3. The Morgan fingerprint density at radius 3 is 2.19 bits per heavy atom. The van der Waals surface area contributed by atoms with Gasteiger partial charge in [0.1, 0.15) is 5.75 Å². The van der Waals surface area contributed by atoms with Gasteiger partial charge in [0, 0.05) is 0 Å². The summed E-state index contributed by atoms with van der Waals surface area (Å²) in [5.74, 6) is 0.530. The predicted molar refractivity (Wildman–Crippen MR) is 105 cm³/mol. The molecule has 3 rings (SSSR count). The molecule has 3 nitrogen and oxygen atoms in total. The number of hydrogen-bond acceptors (Lipinski definition) is 2. The van der Waals surface area contributed by atoms with Gasteiger partial charge >= 0.3 is 6.09 Å². The topological polar surface area (TPSA) is 38.3 Å². The molecule has 26 heavy (non-hydrogen) atoms. The van der Waals surface area contributed by atoms with Gasteiger partial charge in [0.15, 0.2) is 0 Å². The van der Waals surface area contributed by atoms with Crippen LogP contribution in [0.5, 0.6) is 5.75 Å². The fourth-order valence-electron chi connectivity index (χ4n) is 2.78. The first-order chi connectivity index (χ1) is 12.4. The lowest BCUT2D eigenvalue weighted by Gasteiger charge is -2.27. The Kier molecular flexibility index (Phi) is 5.08. The third-order valence-corrected chi connectivity index (χ3v) is 4.34. The first kappa shape index (κ1) is 17.7. The normalized spacial score (nSPS) is 11.0. The molecule has 0 bridgehead atoms. The maximum Gasteiger partial charge on any atom is 0.413 e. The first-order valence-electron chi connectivity index (χ1n) is 8.67. The lowest BCUT2D eigenvalue weighted by atomic mass is 9.91. The lowest BCUT2D eigenvalue weighted by molar-refractivity contribution is 0.188. The van der Waals surface area contributed by atoms with Gasteiger partial charge in [0.25, 0.3) is 0 Å². The van der Waals surface area contributed by atoms with Crippen LogP contribution in [-0.4, -0.2) is 6.09 Å². The lowest BCUT2D eigenvalue weighted by Crippen LogP contribution is -2.42. The minimum Gasteiger partial charge on any atom is -0.410 e. The van der Waals surface area contributed by atoms with Crippen molar-refractivity contribution in [2.45, 2.75) is 26.3 Å². The van der Waals surface area contributed by atoms with E-state index < -0.39 is 11.6 Å². The van der Waals surface area contributed by atoms with Gasteiger partial charge in [0.05, 0.1) is 5.54 Å². The molecule has 0 saturated carbocycles. The van der Waals surface area contributed by atoms with E-state index >= 15 is 0 Å². The van der Waals surface area contributed by atoms with Crippen LogP contribution in [0.1, 0.15) is 25.0 Å². The fraction of sp³-hybridized carbons (Fsp3) is 0.174. The van der Waals surface area contributed by atoms with Crippen LogP contribution in [0.15, 0.2) is 78.9 Å². The summed E-state index contributed by atoms with van der Waals surface area (Å²) in [7, 11) is 0. The highest BCUT2D eigenvalue weighted by Gasteiger charge is 2.24. The van der Waals surface area contributed by atoms with Crippen LogP contribution in [-0.2, 0) is 5.54 Å². The number of benzene rings is 3. The molecule has 0 saturated heterocycles. The van der Waals surface area contributed by atoms with E-state index in [0.717, 1.165) is 22.3 Å². The number of amides is 1. The van der Waals surface area contributed by atoms with E-state index in [4.69, 9.17) is 4.74 Å². The molecule has 1 N–H and O–H groups in total. The van der Waals surface area contributed by atoms with Crippen molar-refractivity contribution >= 4 is 6.09 Å². The van der Waals surface area contributed by atoms with Crippen LogP contribution in [0, 0.1) is 6.92 Å². The molecule has 0 atom stereocenters. The van der Waals surface area contributed by atoms with Gasteiger partial charge in [-0.2, -0.15) is 0 Å². The van der Waals surface area contributed by atoms with Crippen LogP contribution in [0.4, 0.5) is 4.79 Å². The maximum atomic E-state index is 12.3. The van der Waals surface area contributed by atoms with Crippen molar-refractivity contribution in [3.8, 4) is 16.9 Å². The van der Waals surface area contributed by atoms with E-state index in [-0.39, 0.29) is 0 Å². The van der Waals surface area contributed by atoms with E-state index in [1.807, 2.05) is 63.2 Å². The van der Waals surface area contributed by atoms with Crippen molar-refractivity contribution in [3.05, 3.63) is 90.0 Å². The van der Waals surface area contributed by atoms with Crippen LogP contribution < -0.4 is 10.1 Å². The van der Waals surface area contributed by atoms with Crippen molar-refractivity contribution in [2.24, 2.45) is 0 Å². The molecule has 0 aliphatic rings. The Bertz CT molecular complexity index is 884. The standard InChI is InChI=1S/C23H23NO2/c1-17-12-14-21(15-13-17)26-22(25)24-23(2,3)20-11-7-10-19(16-20)18-8-5-4-6-9-18/h4-16H,1-3H3,(H,24,25). The third kappa shape index (κ3) is 4.31. The summed E-state index contributed by atoms with van der Waals surface area (Å²) in [5.41, 5.74) is 3.83. The third-order valence-electron chi connectivity index (χ3n) is 4.34. The van der Waals surface area contributed by atoms with Crippen molar-refractivity contribution in [1.29, 1.82) is 0 Å². The van der Waals surface area contributed by atoms with Gasteiger partial charge in [-0.15, -0.1) is 0 Å². The van der Waals surface area contributed by atoms with E-state index in [2.05, 4.69) is 29.6 Å². The molecule has 3 aromatic carbocycles. The van der Waals surface area contributed by atoms with Gasteiger partial charge < -0.3 is 10.1 Å². The Labute approximate surface area is 154 Å². The highest BCUT2D eigenvalue weighted by Crippen LogP contribution is 2.26.